The van der Waals surface area contributed by atoms with Crippen LogP contribution in [-0.2, 0) is 6.54 Å². The van der Waals surface area contributed by atoms with Crippen LogP contribution in [0.25, 0.3) is 17.0 Å². The number of aromatic nitrogens is 4. The van der Waals surface area contributed by atoms with E-state index >= 15 is 0 Å². The lowest BCUT2D eigenvalue weighted by molar-refractivity contribution is 0.0944. The number of nitrogens with two attached hydrogens (primary N) is 1. The molecule has 1 saturated carbocycles. The largest absolute Gasteiger partial charge is 0.492 e. The maximum Gasteiger partial charge on any atom is 0.270 e. The molecule has 0 saturated heterocycles. The smallest absolute Gasteiger partial charge is 0.270 e. The molecule has 152 valence electrons. The SMILES string of the molecule is CC(C)(C)Cn1c(=O)c(C(=O)NC2CC2)c(O)n2nc(-c3cccc(N)n3)cc12. The lowest BCUT2D eigenvalue weighted by Gasteiger charge is -2.21. The van der Waals surface area contributed by atoms with E-state index in [-0.39, 0.29) is 17.0 Å². The molecule has 9 heteroatoms. The molecular weight excluding hydrogens is 372 g/mol. The Labute approximate surface area is 167 Å². The van der Waals surface area contributed by atoms with Crippen molar-refractivity contribution in [1.29, 1.82) is 0 Å². The molecule has 1 aliphatic carbocycles. The van der Waals surface area contributed by atoms with Crippen molar-refractivity contribution in [2.45, 2.75) is 46.2 Å². The summed E-state index contributed by atoms with van der Waals surface area (Å²) in [6.07, 6.45) is 1.75. The van der Waals surface area contributed by atoms with Gasteiger partial charge in [0.1, 0.15) is 17.2 Å². The first kappa shape index (κ1) is 19.0. The second-order valence-electron chi connectivity index (χ2n) is 8.65. The highest BCUT2D eigenvalue weighted by Crippen LogP contribution is 2.26. The molecule has 0 atom stereocenters. The van der Waals surface area contributed by atoms with Crippen LogP contribution >= 0.6 is 0 Å². The topological polar surface area (TPSA) is 128 Å². The summed E-state index contributed by atoms with van der Waals surface area (Å²) < 4.78 is 2.69. The van der Waals surface area contributed by atoms with E-state index in [0.717, 1.165) is 12.8 Å². The number of nitrogen functional groups attached to an aromatic ring is 1. The van der Waals surface area contributed by atoms with Crippen LogP contribution in [0, 0.1) is 5.41 Å². The highest BCUT2D eigenvalue weighted by Gasteiger charge is 2.30. The van der Waals surface area contributed by atoms with Crippen LogP contribution in [0.2, 0.25) is 0 Å². The van der Waals surface area contributed by atoms with E-state index in [9.17, 15) is 14.7 Å². The van der Waals surface area contributed by atoms with Crippen molar-refractivity contribution < 1.29 is 9.90 Å². The lowest BCUT2D eigenvalue weighted by atomic mass is 9.97. The van der Waals surface area contributed by atoms with Crippen LogP contribution < -0.4 is 16.6 Å². The average Bonchev–Trinajstić information content (AvgIpc) is 3.31. The zero-order chi connectivity index (χ0) is 20.9. The third kappa shape index (κ3) is 3.67. The Kier molecular flexibility index (Phi) is 4.33. The molecule has 0 bridgehead atoms. The normalized spacial score (nSPS) is 14.3. The Morgan fingerprint density at radius 2 is 2.03 bits per heavy atom. The van der Waals surface area contributed by atoms with Gasteiger partial charge in [-0.05, 0) is 30.4 Å². The molecule has 0 radical (unpaired) electrons. The number of aromatic hydroxyl groups is 1. The fraction of sp³-hybridized carbons (Fsp3) is 0.400. The van der Waals surface area contributed by atoms with E-state index in [0.29, 0.717) is 29.4 Å². The van der Waals surface area contributed by atoms with Crippen molar-refractivity contribution >= 4 is 17.4 Å². The molecule has 3 aromatic rings. The quantitative estimate of drug-likeness (QED) is 0.617. The van der Waals surface area contributed by atoms with E-state index in [2.05, 4.69) is 15.4 Å². The second-order valence-corrected chi connectivity index (χ2v) is 8.65. The summed E-state index contributed by atoms with van der Waals surface area (Å²) in [7, 11) is 0. The molecule has 1 fully saturated rings. The average molecular weight is 396 g/mol. The lowest BCUT2D eigenvalue weighted by Crippen LogP contribution is -2.37. The third-order valence-corrected chi connectivity index (χ3v) is 4.66. The third-order valence-electron chi connectivity index (χ3n) is 4.66. The Balaban J connectivity index is 1.95. The first-order chi connectivity index (χ1) is 13.6. The summed E-state index contributed by atoms with van der Waals surface area (Å²) in [6.45, 7) is 6.31. The van der Waals surface area contributed by atoms with Gasteiger partial charge in [-0.15, -0.1) is 0 Å². The number of anilines is 1. The second kappa shape index (κ2) is 6.61. The number of fused-ring (bicyclic) bond motifs is 1. The van der Waals surface area contributed by atoms with Gasteiger partial charge in [0.05, 0.1) is 5.69 Å². The van der Waals surface area contributed by atoms with Crippen molar-refractivity contribution in [2.24, 2.45) is 5.41 Å². The summed E-state index contributed by atoms with van der Waals surface area (Å²) in [6, 6.07) is 6.86. The van der Waals surface area contributed by atoms with Crippen LogP contribution in [0.4, 0.5) is 5.82 Å². The molecule has 3 heterocycles. The molecule has 1 aliphatic rings. The van der Waals surface area contributed by atoms with E-state index in [1.165, 1.54) is 9.08 Å². The Morgan fingerprint density at radius 3 is 2.66 bits per heavy atom. The predicted molar refractivity (Wildman–Crippen MR) is 109 cm³/mol. The van der Waals surface area contributed by atoms with Gasteiger partial charge in [-0.1, -0.05) is 26.8 Å². The van der Waals surface area contributed by atoms with E-state index in [4.69, 9.17) is 5.73 Å². The van der Waals surface area contributed by atoms with Crippen LogP contribution in [0.1, 0.15) is 44.0 Å². The van der Waals surface area contributed by atoms with Crippen molar-refractivity contribution in [1.82, 2.24) is 24.5 Å². The van der Waals surface area contributed by atoms with Crippen molar-refractivity contribution in [3.8, 4) is 17.3 Å². The monoisotopic (exact) mass is 396 g/mol. The van der Waals surface area contributed by atoms with Crippen LogP contribution in [0.3, 0.4) is 0 Å². The van der Waals surface area contributed by atoms with Crippen molar-refractivity contribution in [2.75, 3.05) is 5.73 Å². The van der Waals surface area contributed by atoms with Crippen molar-refractivity contribution in [3.63, 3.8) is 0 Å². The van der Waals surface area contributed by atoms with Crippen LogP contribution in [0.15, 0.2) is 29.1 Å². The molecule has 0 aliphatic heterocycles. The van der Waals surface area contributed by atoms with Gasteiger partial charge in [0.2, 0.25) is 5.88 Å². The van der Waals surface area contributed by atoms with Gasteiger partial charge < -0.3 is 16.2 Å². The zero-order valence-electron chi connectivity index (χ0n) is 16.6. The number of rotatable bonds is 4. The summed E-state index contributed by atoms with van der Waals surface area (Å²) in [4.78, 5) is 30.1. The Bertz CT molecular complexity index is 1170. The number of hydrogen-bond donors (Lipinski definition) is 3. The first-order valence-electron chi connectivity index (χ1n) is 9.53. The van der Waals surface area contributed by atoms with Crippen LogP contribution in [-0.4, -0.2) is 36.2 Å². The van der Waals surface area contributed by atoms with Gasteiger partial charge in [0.15, 0.2) is 5.56 Å². The number of carbonyl (C=O) groups excluding carboxylic acids is 1. The Morgan fingerprint density at radius 1 is 1.31 bits per heavy atom. The highest BCUT2D eigenvalue weighted by atomic mass is 16.3. The van der Waals surface area contributed by atoms with E-state index in [1.807, 2.05) is 20.8 Å². The minimum Gasteiger partial charge on any atom is -0.492 e. The van der Waals surface area contributed by atoms with Crippen LogP contribution in [0.5, 0.6) is 5.88 Å². The Hall–Kier alpha value is -3.36. The first-order valence-corrected chi connectivity index (χ1v) is 9.53. The fourth-order valence-electron chi connectivity index (χ4n) is 3.19. The molecule has 1 amide bonds. The highest BCUT2D eigenvalue weighted by molar-refractivity contribution is 5.96. The molecular formula is C20H24N6O3. The molecule has 0 spiro atoms. The predicted octanol–water partition coefficient (Wildman–Crippen LogP) is 1.78. The fourth-order valence-corrected chi connectivity index (χ4v) is 3.19. The van der Waals surface area contributed by atoms with Gasteiger partial charge in [-0.3, -0.25) is 14.2 Å². The standard InChI is InChI=1S/C20H24N6O3/c1-20(2,3)10-25-15-9-13(12-5-4-6-14(21)23-12)24-26(15)19(29)16(18(25)28)17(27)22-11-7-8-11/h4-6,9,11,29H,7-8,10H2,1-3H3,(H2,21,23)(H,22,27). The van der Waals surface area contributed by atoms with Crippen molar-refractivity contribution in [3.05, 3.63) is 40.2 Å². The molecule has 4 rings (SSSR count). The summed E-state index contributed by atoms with van der Waals surface area (Å²) >= 11 is 0. The summed E-state index contributed by atoms with van der Waals surface area (Å²) in [5.74, 6) is -0.734. The molecule has 9 nitrogen and oxygen atoms in total. The maximum absolute atomic E-state index is 13.2. The molecule has 4 N–H and O–H groups in total. The van der Waals surface area contributed by atoms with Gasteiger partial charge in [0.25, 0.3) is 11.5 Å². The minimum absolute atomic E-state index is 0.0535. The number of pyridine rings is 1. The molecule has 0 unspecified atom stereocenters. The van der Waals surface area contributed by atoms with E-state index < -0.39 is 17.3 Å². The number of nitrogens with one attached hydrogen (secondary N) is 1. The van der Waals surface area contributed by atoms with Gasteiger partial charge >= 0.3 is 0 Å². The van der Waals surface area contributed by atoms with Gasteiger partial charge in [0, 0.05) is 18.7 Å². The maximum atomic E-state index is 13.2. The van der Waals surface area contributed by atoms with E-state index in [1.54, 1.807) is 24.3 Å². The summed E-state index contributed by atoms with van der Waals surface area (Å²) in [5, 5.41) is 17.9. The van der Waals surface area contributed by atoms with Gasteiger partial charge in [-0.25, -0.2) is 4.98 Å². The molecule has 3 aromatic heterocycles. The zero-order valence-corrected chi connectivity index (χ0v) is 16.6. The molecule has 29 heavy (non-hydrogen) atoms. The number of carbonyl (C=O) groups is 1. The van der Waals surface area contributed by atoms with Gasteiger partial charge in [-0.2, -0.15) is 9.61 Å². The number of hydrogen-bond acceptors (Lipinski definition) is 6. The summed E-state index contributed by atoms with van der Waals surface area (Å²) in [5.41, 5.74) is 6.00. The minimum atomic E-state index is -0.585. The molecule has 0 aromatic carbocycles. The number of amides is 1. The number of nitrogens with zero attached hydrogens (tertiary/aromatic N) is 4.